The van der Waals surface area contributed by atoms with Crippen molar-refractivity contribution in [1.29, 1.82) is 0 Å². The molecule has 25 heavy (non-hydrogen) atoms. The van der Waals surface area contributed by atoms with E-state index < -0.39 is 64.4 Å². The Hall–Kier alpha value is -2.02. The Labute approximate surface area is 142 Å². The minimum atomic E-state index is -5.81. The predicted octanol–water partition coefficient (Wildman–Crippen LogP) is 1.95. The van der Waals surface area contributed by atoms with Gasteiger partial charge in [0.05, 0.1) is 26.7 Å². The van der Waals surface area contributed by atoms with Crippen LogP contribution in [0.1, 0.15) is 13.8 Å². The minimum absolute atomic E-state index is 0.157. The van der Waals surface area contributed by atoms with Gasteiger partial charge in [-0.3, -0.25) is 19.1 Å². The van der Waals surface area contributed by atoms with Gasteiger partial charge in [-0.2, -0.15) is 13.2 Å². The van der Waals surface area contributed by atoms with Gasteiger partial charge in [0.2, 0.25) is 0 Å². The quantitative estimate of drug-likeness (QED) is 0.404. The lowest BCUT2D eigenvalue weighted by Gasteiger charge is -2.10. The van der Waals surface area contributed by atoms with E-state index in [-0.39, 0.29) is 6.07 Å². The molecule has 0 aliphatic heterocycles. The van der Waals surface area contributed by atoms with Crippen LogP contribution in [0, 0.1) is 10.1 Å². The van der Waals surface area contributed by atoms with E-state index in [0.717, 1.165) is 0 Å². The van der Waals surface area contributed by atoms with Gasteiger partial charge in [-0.25, -0.2) is 8.42 Å². The van der Waals surface area contributed by atoms with Crippen LogP contribution in [0.4, 0.5) is 18.9 Å². The molecule has 1 rings (SSSR count). The highest BCUT2D eigenvalue weighted by atomic mass is 32.2. The Morgan fingerprint density at radius 2 is 1.92 bits per heavy atom. The first kappa shape index (κ1) is 21.0. The molecule has 0 aliphatic rings. The average Bonchev–Trinajstić information content (AvgIpc) is 2.44. The number of nitro groups is 1. The SMILES string of the molecule is CC(C)OC(=O)CS(=O)c1ccc(S(=O)(=O)C(F)(F)F)cc1[N+](=O)[O-]. The Morgan fingerprint density at radius 1 is 1.36 bits per heavy atom. The van der Waals surface area contributed by atoms with E-state index >= 15 is 0 Å². The second-order valence-corrected chi connectivity index (χ2v) is 8.23. The highest BCUT2D eigenvalue weighted by Gasteiger charge is 2.47. The first-order chi connectivity index (χ1) is 11.3. The highest BCUT2D eigenvalue weighted by Crippen LogP contribution is 2.34. The van der Waals surface area contributed by atoms with Crippen LogP contribution in [0.3, 0.4) is 0 Å². The van der Waals surface area contributed by atoms with Crippen molar-refractivity contribution < 1.29 is 40.3 Å². The lowest BCUT2D eigenvalue weighted by Crippen LogP contribution is -2.23. The van der Waals surface area contributed by atoms with E-state index in [2.05, 4.69) is 0 Å². The number of carbonyl (C=O) groups excluding carboxylic acids is 1. The Balaban J connectivity index is 3.30. The number of benzene rings is 1. The fourth-order valence-corrected chi connectivity index (χ4v) is 3.42. The third-order valence-corrected chi connectivity index (χ3v) is 5.42. The molecule has 13 heteroatoms. The van der Waals surface area contributed by atoms with Crippen LogP contribution in [0.2, 0.25) is 0 Å². The summed E-state index contributed by atoms with van der Waals surface area (Å²) in [5.74, 6) is -1.71. The second-order valence-electron chi connectivity index (χ2n) is 4.86. The van der Waals surface area contributed by atoms with Crippen molar-refractivity contribution in [3.63, 3.8) is 0 Å². The molecule has 0 amide bonds. The normalized spacial score (nSPS) is 13.5. The summed E-state index contributed by atoms with van der Waals surface area (Å²) in [7, 11) is -8.12. The van der Waals surface area contributed by atoms with Gasteiger partial charge in [0.15, 0.2) is 0 Å². The van der Waals surface area contributed by atoms with Crippen LogP contribution < -0.4 is 0 Å². The molecule has 140 valence electrons. The molecule has 0 saturated heterocycles. The van der Waals surface area contributed by atoms with Crippen LogP contribution >= 0.6 is 0 Å². The molecule has 1 atom stereocenters. The molecule has 0 N–H and O–H groups in total. The van der Waals surface area contributed by atoms with Crippen LogP contribution in [0.5, 0.6) is 0 Å². The van der Waals surface area contributed by atoms with Gasteiger partial charge in [-0.1, -0.05) is 0 Å². The molecule has 0 heterocycles. The molecule has 0 bridgehead atoms. The lowest BCUT2D eigenvalue weighted by atomic mass is 10.3. The Morgan fingerprint density at radius 3 is 2.36 bits per heavy atom. The number of rotatable bonds is 6. The third-order valence-electron chi connectivity index (χ3n) is 2.60. The number of nitro benzene ring substituents is 1. The van der Waals surface area contributed by atoms with Crippen molar-refractivity contribution in [2.75, 3.05) is 5.75 Å². The molecule has 0 aromatic heterocycles. The van der Waals surface area contributed by atoms with Gasteiger partial charge >= 0.3 is 11.5 Å². The summed E-state index contributed by atoms with van der Waals surface area (Å²) in [6.45, 7) is 3.03. The Bertz CT molecular complexity index is 818. The van der Waals surface area contributed by atoms with E-state index in [9.17, 15) is 40.7 Å². The molecular weight excluding hydrogens is 391 g/mol. The molecule has 1 aromatic rings. The molecular formula is C12H12F3NO7S2. The zero-order valence-corrected chi connectivity index (χ0v) is 14.4. The van der Waals surface area contributed by atoms with E-state index in [1.165, 1.54) is 13.8 Å². The maximum atomic E-state index is 12.5. The van der Waals surface area contributed by atoms with Crippen molar-refractivity contribution in [2.24, 2.45) is 0 Å². The zero-order valence-electron chi connectivity index (χ0n) is 12.8. The fraction of sp³-hybridized carbons (Fsp3) is 0.417. The van der Waals surface area contributed by atoms with Crippen LogP contribution in [-0.2, 0) is 30.2 Å². The summed E-state index contributed by atoms with van der Waals surface area (Å²) < 4.78 is 77.0. The molecule has 0 fully saturated rings. The van der Waals surface area contributed by atoms with Crippen molar-refractivity contribution in [1.82, 2.24) is 0 Å². The average molecular weight is 403 g/mol. The summed E-state index contributed by atoms with van der Waals surface area (Å²) in [5.41, 5.74) is -6.76. The molecule has 1 unspecified atom stereocenters. The minimum Gasteiger partial charge on any atom is -0.462 e. The number of nitrogens with zero attached hydrogens (tertiary/aromatic N) is 1. The molecule has 1 aromatic carbocycles. The molecule has 8 nitrogen and oxygen atoms in total. The van der Waals surface area contributed by atoms with Gasteiger partial charge < -0.3 is 4.74 Å². The first-order valence-electron chi connectivity index (χ1n) is 6.45. The first-order valence-corrected chi connectivity index (χ1v) is 9.25. The Kier molecular flexibility index (Phi) is 6.28. The van der Waals surface area contributed by atoms with Crippen LogP contribution in [-0.4, -0.2) is 40.9 Å². The third kappa shape index (κ3) is 4.98. The topological polar surface area (TPSA) is 121 Å². The molecule has 0 aliphatic carbocycles. The van der Waals surface area contributed by atoms with Crippen LogP contribution in [0.25, 0.3) is 0 Å². The smallest absolute Gasteiger partial charge is 0.462 e. The van der Waals surface area contributed by atoms with Crippen molar-refractivity contribution in [3.05, 3.63) is 28.3 Å². The summed E-state index contributed by atoms with van der Waals surface area (Å²) in [6, 6.07) is 1.20. The van der Waals surface area contributed by atoms with Gasteiger partial charge in [-0.15, -0.1) is 0 Å². The second kappa shape index (κ2) is 7.47. The number of ether oxygens (including phenoxy) is 1. The summed E-state index contributed by atoms with van der Waals surface area (Å²) in [6.07, 6.45) is -0.529. The summed E-state index contributed by atoms with van der Waals surface area (Å²) in [5, 5.41) is 11.0. The van der Waals surface area contributed by atoms with Gasteiger partial charge in [0.1, 0.15) is 10.6 Å². The van der Waals surface area contributed by atoms with Gasteiger partial charge in [0.25, 0.3) is 15.5 Å². The monoisotopic (exact) mass is 403 g/mol. The standard InChI is InChI=1S/C12H12F3NO7S2/c1-7(2)23-11(17)6-24(20)10-4-3-8(5-9(10)16(18)19)25(21,22)12(13,14)15/h3-5,7H,6H2,1-2H3. The van der Waals surface area contributed by atoms with Crippen LogP contribution in [0.15, 0.2) is 28.0 Å². The predicted molar refractivity (Wildman–Crippen MR) is 78.8 cm³/mol. The molecule has 0 spiro atoms. The van der Waals surface area contributed by atoms with Crippen molar-refractivity contribution >= 4 is 32.3 Å². The summed E-state index contributed by atoms with van der Waals surface area (Å²) in [4.78, 5) is 19.3. The fourth-order valence-electron chi connectivity index (χ4n) is 1.61. The molecule has 0 radical (unpaired) electrons. The van der Waals surface area contributed by atoms with E-state index in [0.29, 0.717) is 12.1 Å². The lowest BCUT2D eigenvalue weighted by molar-refractivity contribution is -0.388. The number of sulfone groups is 1. The molecule has 0 saturated carbocycles. The number of hydrogen-bond donors (Lipinski definition) is 0. The summed E-state index contributed by atoms with van der Waals surface area (Å²) >= 11 is 0. The highest BCUT2D eigenvalue weighted by molar-refractivity contribution is 7.92. The maximum Gasteiger partial charge on any atom is 0.501 e. The van der Waals surface area contributed by atoms with E-state index in [1.54, 1.807) is 0 Å². The largest absolute Gasteiger partial charge is 0.501 e. The van der Waals surface area contributed by atoms with E-state index in [4.69, 9.17) is 4.74 Å². The van der Waals surface area contributed by atoms with E-state index in [1.807, 2.05) is 0 Å². The number of alkyl halides is 3. The number of esters is 1. The zero-order chi connectivity index (χ0) is 19.6. The number of carbonyl (C=O) groups is 1. The van der Waals surface area contributed by atoms with Gasteiger partial charge in [-0.05, 0) is 26.0 Å². The van der Waals surface area contributed by atoms with Crippen molar-refractivity contribution in [3.8, 4) is 0 Å². The number of halogens is 3. The number of hydrogen-bond acceptors (Lipinski definition) is 7. The van der Waals surface area contributed by atoms with Gasteiger partial charge in [0, 0.05) is 6.07 Å². The van der Waals surface area contributed by atoms with Crippen molar-refractivity contribution in [2.45, 2.75) is 35.3 Å². The maximum absolute atomic E-state index is 12.5.